The Morgan fingerprint density at radius 2 is 2.33 bits per heavy atom. The van der Waals surface area contributed by atoms with Gasteiger partial charge in [-0.2, -0.15) is 9.97 Å². The summed E-state index contributed by atoms with van der Waals surface area (Å²) in [4.78, 5) is 12.9. The summed E-state index contributed by atoms with van der Waals surface area (Å²) >= 11 is 0. The quantitative estimate of drug-likeness (QED) is 0.850. The van der Waals surface area contributed by atoms with Crippen molar-refractivity contribution in [3.63, 3.8) is 0 Å². The van der Waals surface area contributed by atoms with Crippen molar-refractivity contribution in [2.75, 3.05) is 18.9 Å². The van der Waals surface area contributed by atoms with Gasteiger partial charge in [-0.1, -0.05) is 13.3 Å². The molecule has 0 spiro atoms. The van der Waals surface area contributed by atoms with Crippen LogP contribution < -0.4 is 10.5 Å². The number of aromatic nitrogens is 4. The lowest BCUT2D eigenvalue weighted by atomic mass is 10.2. The minimum atomic E-state index is -0.0264. The first-order valence-electron chi connectivity index (χ1n) is 7.54. The summed E-state index contributed by atoms with van der Waals surface area (Å²) in [6, 6.07) is 0.311. The van der Waals surface area contributed by atoms with E-state index in [1.165, 1.54) is 0 Å². The highest BCUT2D eigenvalue weighted by Crippen LogP contribution is 2.27. The Hall–Kier alpha value is -1.89. The van der Waals surface area contributed by atoms with E-state index in [0.29, 0.717) is 29.6 Å². The molecule has 0 unspecified atom stereocenters. The van der Waals surface area contributed by atoms with Crippen LogP contribution in [0.2, 0.25) is 0 Å². The van der Waals surface area contributed by atoms with Crippen LogP contribution in [0.3, 0.4) is 0 Å². The molecule has 3 rings (SSSR count). The molecular weight excluding hydrogens is 270 g/mol. The standard InChI is InChI=1S/C14H21N5O2/c1-2-3-7-21-14-17-12(15)11-13(18-14)19(9-16-11)10-6-4-5-8-20-10/h9-10H,2-8H2,1H3,(H2,15,17,18)/t10-/m1/s1. The topological polar surface area (TPSA) is 88.1 Å². The van der Waals surface area contributed by atoms with E-state index in [1.54, 1.807) is 6.33 Å². The highest BCUT2D eigenvalue weighted by atomic mass is 16.5. The van der Waals surface area contributed by atoms with Crippen LogP contribution in [0, 0.1) is 0 Å². The average Bonchev–Trinajstić information content (AvgIpc) is 2.93. The number of anilines is 1. The van der Waals surface area contributed by atoms with Gasteiger partial charge in [0.25, 0.3) is 0 Å². The summed E-state index contributed by atoms with van der Waals surface area (Å²) in [5.41, 5.74) is 7.24. The smallest absolute Gasteiger partial charge is 0.320 e. The molecule has 0 bridgehead atoms. The summed E-state index contributed by atoms with van der Waals surface area (Å²) in [7, 11) is 0. The Balaban J connectivity index is 1.90. The largest absolute Gasteiger partial charge is 0.463 e. The number of unbranched alkanes of at least 4 members (excludes halogenated alkanes) is 1. The van der Waals surface area contributed by atoms with Gasteiger partial charge in [-0.25, -0.2) is 4.98 Å². The van der Waals surface area contributed by atoms with Crippen molar-refractivity contribution in [3.05, 3.63) is 6.33 Å². The van der Waals surface area contributed by atoms with Crippen molar-refractivity contribution < 1.29 is 9.47 Å². The molecule has 0 radical (unpaired) electrons. The van der Waals surface area contributed by atoms with E-state index in [4.69, 9.17) is 15.2 Å². The molecule has 1 aliphatic rings. The number of fused-ring (bicyclic) bond motifs is 1. The van der Waals surface area contributed by atoms with Crippen molar-refractivity contribution in [3.8, 4) is 6.01 Å². The highest BCUT2D eigenvalue weighted by Gasteiger charge is 2.20. The van der Waals surface area contributed by atoms with Gasteiger partial charge in [0.2, 0.25) is 0 Å². The Morgan fingerprint density at radius 3 is 3.10 bits per heavy atom. The van der Waals surface area contributed by atoms with E-state index < -0.39 is 0 Å². The minimum absolute atomic E-state index is 0.0264. The van der Waals surface area contributed by atoms with Gasteiger partial charge < -0.3 is 15.2 Å². The number of hydrogen-bond acceptors (Lipinski definition) is 6. The van der Waals surface area contributed by atoms with Crippen molar-refractivity contribution >= 4 is 17.0 Å². The third-order valence-electron chi connectivity index (χ3n) is 3.62. The molecule has 114 valence electrons. The van der Waals surface area contributed by atoms with Gasteiger partial charge in [0, 0.05) is 6.61 Å². The van der Waals surface area contributed by atoms with E-state index in [2.05, 4.69) is 21.9 Å². The molecule has 3 heterocycles. The van der Waals surface area contributed by atoms with Crippen LogP contribution in [0.4, 0.5) is 5.82 Å². The zero-order chi connectivity index (χ0) is 14.7. The van der Waals surface area contributed by atoms with Crippen molar-refractivity contribution in [2.24, 2.45) is 0 Å². The van der Waals surface area contributed by atoms with Crippen LogP contribution in [0.25, 0.3) is 11.2 Å². The molecule has 0 amide bonds. The van der Waals surface area contributed by atoms with Crippen molar-refractivity contribution in [2.45, 2.75) is 45.3 Å². The van der Waals surface area contributed by atoms with Crippen LogP contribution in [-0.4, -0.2) is 32.7 Å². The molecule has 21 heavy (non-hydrogen) atoms. The number of ether oxygens (including phenoxy) is 2. The third-order valence-corrected chi connectivity index (χ3v) is 3.62. The SMILES string of the molecule is CCCCOc1nc(N)c2ncn([C@H]3CCCCO3)c2n1. The number of nitrogens with two attached hydrogens (primary N) is 1. The fourth-order valence-corrected chi connectivity index (χ4v) is 2.44. The van der Waals surface area contributed by atoms with Gasteiger partial charge in [0.15, 0.2) is 17.0 Å². The van der Waals surface area contributed by atoms with E-state index in [1.807, 2.05) is 4.57 Å². The predicted octanol–water partition coefficient (Wildman–Crippen LogP) is 2.29. The molecule has 0 aromatic carbocycles. The van der Waals surface area contributed by atoms with Gasteiger partial charge in [0.1, 0.15) is 6.23 Å². The monoisotopic (exact) mass is 291 g/mol. The number of imidazole rings is 1. The van der Waals surface area contributed by atoms with Gasteiger partial charge in [-0.3, -0.25) is 4.57 Å². The second-order valence-electron chi connectivity index (χ2n) is 5.24. The molecule has 2 aromatic heterocycles. The molecule has 2 N–H and O–H groups in total. The molecule has 7 nitrogen and oxygen atoms in total. The molecule has 1 fully saturated rings. The lowest BCUT2D eigenvalue weighted by Crippen LogP contribution is -2.18. The van der Waals surface area contributed by atoms with E-state index >= 15 is 0 Å². The second kappa shape index (κ2) is 6.26. The highest BCUT2D eigenvalue weighted by molar-refractivity contribution is 5.81. The number of nitrogen functional groups attached to an aromatic ring is 1. The molecule has 0 aliphatic carbocycles. The fourth-order valence-electron chi connectivity index (χ4n) is 2.44. The van der Waals surface area contributed by atoms with Crippen LogP contribution >= 0.6 is 0 Å². The van der Waals surface area contributed by atoms with E-state index in [0.717, 1.165) is 38.7 Å². The maximum absolute atomic E-state index is 5.96. The Kier molecular flexibility index (Phi) is 4.19. The Bertz CT molecular complexity index is 607. The summed E-state index contributed by atoms with van der Waals surface area (Å²) in [6.07, 6.45) is 6.93. The Morgan fingerprint density at radius 1 is 1.43 bits per heavy atom. The number of rotatable bonds is 5. The van der Waals surface area contributed by atoms with Crippen LogP contribution in [0.1, 0.15) is 45.3 Å². The first kappa shape index (κ1) is 14.1. The van der Waals surface area contributed by atoms with E-state index in [9.17, 15) is 0 Å². The van der Waals surface area contributed by atoms with Gasteiger partial charge in [-0.05, 0) is 25.7 Å². The molecule has 7 heteroatoms. The lowest BCUT2D eigenvalue weighted by molar-refractivity contribution is -0.0298. The fraction of sp³-hybridized carbons (Fsp3) is 0.643. The average molecular weight is 291 g/mol. The maximum Gasteiger partial charge on any atom is 0.320 e. The Labute approximate surface area is 123 Å². The molecule has 2 aromatic rings. The molecule has 1 saturated heterocycles. The van der Waals surface area contributed by atoms with Crippen LogP contribution in [-0.2, 0) is 4.74 Å². The van der Waals surface area contributed by atoms with Gasteiger partial charge in [0.05, 0.1) is 12.9 Å². The maximum atomic E-state index is 5.96. The summed E-state index contributed by atoms with van der Waals surface area (Å²) in [6.45, 7) is 3.47. The van der Waals surface area contributed by atoms with Crippen molar-refractivity contribution in [1.82, 2.24) is 19.5 Å². The van der Waals surface area contributed by atoms with Crippen LogP contribution in [0.5, 0.6) is 6.01 Å². The van der Waals surface area contributed by atoms with Crippen molar-refractivity contribution in [1.29, 1.82) is 0 Å². The molecule has 1 aliphatic heterocycles. The number of hydrogen-bond donors (Lipinski definition) is 1. The summed E-state index contributed by atoms with van der Waals surface area (Å²) in [5.74, 6) is 0.348. The molecule has 1 atom stereocenters. The third kappa shape index (κ3) is 2.92. The van der Waals surface area contributed by atoms with Crippen LogP contribution in [0.15, 0.2) is 6.33 Å². The summed E-state index contributed by atoms with van der Waals surface area (Å²) in [5, 5.41) is 0. The summed E-state index contributed by atoms with van der Waals surface area (Å²) < 4.78 is 13.3. The number of nitrogens with zero attached hydrogens (tertiary/aromatic N) is 4. The second-order valence-corrected chi connectivity index (χ2v) is 5.24. The first-order chi connectivity index (χ1) is 10.3. The zero-order valence-corrected chi connectivity index (χ0v) is 12.3. The zero-order valence-electron chi connectivity index (χ0n) is 12.3. The lowest BCUT2D eigenvalue weighted by Gasteiger charge is -2.23. The predicted molar refractivity (Wildman–Crippen MR) is 79.0 cm³/mol. The minimum Gasteiger partial charge on any atom is -0.463 e. The van der Waals surface area contributed by atoms with Gasteiger partial charge in [-0.15, -0.1) is 0 Å². The molecule has 0 saturated carbocycles. The first-order valence-corrected chi connectivity index (χ1v) is 7.54. The normalized spacial score (nSPS) is 19.0. The van der Waals surface area contributed by atoms with Gasteiger partial charge >= 0.3 is 6.01 Å². The molecular formula is C14H21N5O2. The van der Waals surface area contributed by atoms with E-state index in [-0.39, 0.29) is 6.23 Å².